The van der Waals surface area contributed by atoms with Crippen LogP contribution >= 0.6 is 11.8 Å². The van der Waals surface area contributed by atoms with E-state index < -0.39 is 0 Å². The number of ether oxygens (including phenoxy) is 1. The number of carbonyl (C=O) groups excluding carboxylic acids is 2. The van der Waals surface area contributed by atoms with Crippen LogP contribution in [0.25, 0.3) is 0 Å². The number of thioether (sulfide) groups is 1. The fourth-order valence-corrected chi connectivity index (χ4v) is 3.04. The van der Waals surface area contributed by atoms with Crippen molar-refractivity contribution in [3.63, 3.8) is 0 Å². The summed E-state index contributed by atoms with van der Waals surface area (Å²) in [5.74, 6) is 1.16. The van der Waals surface area contributed by atoms with Gasteiger partial charge in [-0.15, -0.1) is 11.8 Å². The molecular formula is C21H25NO3S. The highest BCUT2D eigenvalue weighted by molar-refractivity contribution is 8.00. The molecule has 0 saturated heterocycles. The van der Waals surface area contributed by atoms with Crippen LogP contribution in [0.3, 0.4) is 0 Å². The van der Waals surface area contributed by atoms with Gasteiger partial charge in [-0.1, -0.05) is 6.07 Å². The molecule has 0 spiro atoms. The molecule has 2 aromatic carbocycles. The average molecular weight is 372 g/mol. The van der Waals surface area contributed by atoms with E-state index in [2.05, 4.69) is 5.32 Å². The lowest BCUT2D eigenvalue weighted by molar-refractivity contribution is -0.113. The summed E-state index contributed by atoms with van der Waals surface area (Å²) in [5, 5.41) is 2.86. The third kappa shape index (κ3) is 6.23. The molecule has 2 aromatic rings. The van der Waals surface area contributed by atoms with E-state index in [0.29, 0.717) is 5.56 Å². The van der Waals surface area contributed by atoms with Crippen molar-refractivity contribution >= 4 is 29.1 Å². The predicted octanol–water partition coefficient (Wildman–Crippen LogP) is 4.65. The van der Waals surface area contributed by atoms with E-state index in [-0.39, 0.29) is 29.3 Å². The number of hydrogen-bond donors (Lipinski definition) is 1. The van der Waals surface area contributed by atoms with Crippen molar-refractivity contribution in [3.8, 4) is 5.75 Å². The third-order valence-electron chi connectivity index (χ3n) is 3.81. The molecule has 0 fully saturated rings. The van der Waals surface area contributed by atoms with Crippen LogP contribution in [0.15, 0.2) is 42.5 Å². The summed E-state index contributed by atoms with van der Waals surface area (Å²) in [6.45, 7) is 7.96. The molecule has 0 saturated carbocycles. The normalized spacial score (nSPS) is 10.7. The number of amides is 1. The van der Waals surface area contributed by atoms with Gasteiger partial charge in [0.05, 0.1) is 17.6 Å². The first-order valence-electron chi connectivity index (χ1n) is 8.60. The average Bonchev–Trinajstić information content (AvgIpc) is 2.58. The Morgan fingerprint density at radius 1 is 1.00 bits per heavy atom. The van der Waals surface area contributed by atoms with Gasteiger partial charge in [0.2, 0.25) is 5.91 Å². The SMILES string of the molecule is Cc1ccc(NC(=O)CSCC(=O)c2ccc(OC(C)C)cc2)cc1C. The Balaban J connectivity index is 1.78. The first-order chi connectivity index (χ1) is 12.3. The zero-order valence-electron chi connectivity index (χ0n) is 15.7. The van der Waals surface area contributed by atoms with Crippen molar-refractivity contribution < 1.29 is 14.3 Å². The summed E-state index contributed by atoms with van der Waals surface area (Å²) in [6.07, 6.45) is 0.0999. The van der Waals surface area contributed by atoms with Gasteiger partial charge in [0.25, 0.3) is 0 Å². The third-order valence-corrected chi connectivity index (χ3v) is 4.74. The topological polar surface area (TPSA) is 55.4 Å². The van der Waals surface area contributed by atoms with E-state index in [1.807, 2.05) is 45.9 Å². The summed E-state index contributed by atoms with van der Waals surface area (Å²) in [4.78, 5) is 24.2. The molecule has 0 aliphatic carbocycles. The zero-order valence-corrected chi connectivity index (χ0v) is 16.5. The van der Waals surface area contributed by atoms with Crippen LogP contribution in [0.5, 0.6) is 5.75 Å². The van der Waals surface area contributed by atoms with Gasteiger partial charge in [-0.25, -0.2) is 0 Å². The lowest BCUT2D eigenvalue weighted by atomic mass is 10.1. The Bertz CT molecular complexity index is 769. The lowest BCUT2D eigenvalue weighted by Crippen LogP contribution is -2.15. The minimum atomic E-state index is -0.105. The maximum Gasteiger partial charge on any atom is 0.234 e. The highest BCUT2D eigenvalue weighted by atomic mass is 32.2. The lowest BCUT2D eigenvalue weighted by Gasteiger charge is -2.10. The molecule has 4 nitrogen and oxygen atoms in total. The fourth-order valence-electron chi connectivity index (χ4n) is 2.33. The van der Waals surface area contributed by atoms with E-state index in [1.165, 1.54) is 17.3 Å². The molecule has 0 bridgehead atoms. The molecule has 0 aliphatic heterocycles. The molecule has 0 unspecified atom stereocenters. The minimum Gasteiger partial charge on any atom is -0.491 e. The molecule has 138 valence electrons. The van der Waals surface area contributed by atoms with Gasteiger partial charge in [0.1, 0.15) is 5.75 Å². The van der Waals surface area contributed by atoms with E-state index in [4.69, 9.17) is 4.74 Å². The first-order valence-corrected chi connectivity index (χ1v) is 9.75. The smallest absolute Gasteiger partial charge is 0.234 e. The second-order valence-electron chi connectivity index (χ2n) is 6.45. The zero-order chi connectivity index (χ0) is 19.1. The maximum absolute atomic E-state index is 12.2. The van der Waals surface area contributed by atoms with Crippen LogP contribution in [0.2, 0.25) is 0 Å². The predicted molar refractivity (Wildman–Crippen MR) is 108 cm³/mol. The number of rotatable bonds is 8. The Morgan fingerprint density at radius 2 is 1.69 bits per heavy atom. The number of Topliss-reactive ketones (excluding diaryl/α,β-unsaturated/α-hetero) is 1. The summed E-state index contributed by atoms with van der Waals surface area (Å²) in [7, 11) is 0. The van der Waals surface area contributed by atoms with Crippen LogP contribution in [0.4, 0.5) is 5.69 Å². The number of carbonyl (C=O) groups is 2. The maximum atomic E-state index is 12.2. The number of ketones is 1. The molecular weight excluding hydrogens is 346 g/mol. The number of hydrogen-bond acceptors (Lipinski definition) is 4. The summed E-state index contributed by atoms with van der Waals surface area (Å²) in [5.41, 5.74) is 3.73. The van der Waals surface area contributed by atoms with E-state index in [0.717, 1.165) is 17.0 Å². The number of nitrogens with one attached hydrogen (secondary N) is 1. The molecule has 1 N–H and O–H groups in total. The Labute approximate surface area is 159 Å². The van der Waals surface area contributed by atoms with Crippen LogP contribution in [-0.4, -0.2) is 29.3 Å². The quantitative estimate of drug-likeness (QED) is 0.687. The summed E-state index contributed by atoms with van der Waals surface area (Å²) >= 11 is 1.31. The van der Waals surface area contributed by atoms with Crippen LogP contribution in [-0.2, 0) is 4.79 Å². The Morgan fingerprint density at radius 3 is 2.31 bits per heavy atom. The van der Waals surface area contributed by atoms with Gasteiger partial charge < -0.3 is 10.1 Å². The van der Waals surface area contributed by atoms with E-state index >= 15 is 0 Å². The van der Waals surface area contributed by atoms with Gasteiger partial charge in [-0.2, -0.15) is 0 Å². The van der Waals surface area contributed by atoms with E-state index in [9.17, 15) is 9.59 Å². The molecule has 1 amide bonds. The molecule has 0 aliphatic rings. The minimum absolute atomic E-state index is 0.00470. The van der Waals surface area contributed by atoms with Crippen molar-refractivity contribution in [2.24, 2.45) is 0 Å². The summed E-state index contributed by atoms with van der Waals surface area (Å²) in [6, 6.07) is 12.9. The summed E-state index contributed by atoms with van der Waals surface area (Å²) < 4.78 is 5.56. The highest BCUT2D eigenvalue weighted by Crippen LogP contribution is 2.17. The number of benzene rings is 2. The Kier molecular flexibility index (Phi) is 7.27. The monoisotopic (exact) mass is 371 g/mol. The van der Waals surface area contributed by atoms with Crippen molar-refractivity contribution in [1.29, 1.82) is 0 Å². The van der Waals surface area contributed by atoms with Gasteiger partial charge in [0.15, 0.2) is 5.78 Å². The molecule has 0 aromatic heterocycles. The fraction of sp³-hybridized carbons (Fsp3) is 0.333. The first kappa shape index (κ1) is 20.0. The van der Waals surface area contributed by atoms with Gasteiger partial charge in [-0.3, -0.25) is 9.59 Å². The second-order valence-corrected chi connectivity index (χ2v) is 7.44. The van der Waals surface area contributed by atoms with Gasteiger partial charge in [-0.05, 0) is 75.2 Å². The second kappa shape index (κ2) is 9.43. The standard InChI is InChI=1S/C21H25NO3S/c1-14(2)25-19-9-6-17(7-10-19)20(23)12-26-13-21(24)22-18-8-5-15(3)16(4)11-18/h5-11,14H,12-13H2,1-4H3,(H,22,24). The number of aryl methyl sites for hydroxylation is 2. The van der Waals surface area contributed by atoms with Crippen molar-refractivity contribution in [2.75, 3.05) is 16.8 Å². The Hall–Kier alpha value is -2.27. The number of anilines is 1. The van der Waals surface area contributed by atoms with Gasteiger partial charge in [0, 0.05) is 11.3 Å². The molecule has 26 heavy (non-hydrogen) atoms. The van der Waals surface area contributed by atoms with Crippen LogP contribution in [0, 0.1) is 13.8 Å². The van der Waals surface area contributed by atoms with Crippen LogP contribution in [0.1, 0.15) is 35.3 Å². The molecule has 5 heteroatoms. The van der Waals surface area contributed by atoms with Crippen molar-refractivity contribution in [3.05, 3.63) is 59.2 Å². The largest absolute Gasteiger partial charge is 0.491 e. The van der Waals surface area contributed by atoms with Crippen molar-refractivity contribution in [2.45, 2.75) is 33.8 Å². The van der Waals surface area contributed by atoms with Gasteiger partial charge >= 0.3 is 0 Å². The highest BCUT2D eigenvalue weighted by Gasteiger charge is 2.09. The molecule has 0 heterocycles. The van der Waals surface area contributed by atoms with Crippen LogP contribution < -0.4 is 10.1 Å². The van der Waals surface area contributed by atoms with E-state index in [1.54, 1.807) is 24.3 Å². The molecule has 0 atom stereocenters. The van der Waals surface area contributed by atoms with Crippen molar-refractivity contribution in [1.82, 2.24) is 0 Å². The molecule has 2 rings (SSSR count). The molecule has 0 radical (unpaired) electrons.